The number of para-hydroxylation sites is 1. The Morgan fingerprint density at radius 3 is 2.67 bits per heavy atom. The maximum absolute atomic E-state index is 11.6. The van der Waals surface area contributed by atoms with Gasteiger partial charge in [0.05, 0.1) is 12.5 Å². The molecule has 0 aliphatic carbocycles. The molecule has 0 bridgehead atoms. The molecule has 0 aliphatic rings. The summed E-state index contributed by atoms with van der Waals surface area (Å²) >= 11 is 0. The predicted molar refractivity (Wildman–Crippen MR) is 70.3 cm³/mol. The van der Waals surface area contributed by atoms with E-state index in [-0.39, 0.29) is 30.5 Å². The minimum absolute atomic E-state index is 0.120. The van der Waals surface area contributed by atoms with Crippen molar-refractivity contribution in [3.63, 3.8) is 0 Å². The third-order valence-corrected chi connectivity index (χ3v) is 3.15. The third-order valence-electron chi connectivity index (χ3n) is 3.15. The van der Waals surface area contributed by atoms with Crippen molar-refractivity contribution in [3.05, 3.63) is 29.8 Å². The van der Waals surface area contributed by atoms with Gasteiger partial charge in [-0.05, 0) is 12.0 Å². The highest BCUT2D eigenvalue weighted by Crippen LogP contribution is 2.15. The Morgan fingerprint density at radius 1 is 1.39 bits per heavy atom. The van der Waals surface area contributed by atoms with Crippen molar-refractivity contribution in [2.24, 2.45) is 5.92 Å². The van der Waals surface area contributed by atoms with Gasteiger partial charge in [-0.1, -0.05) is 38.5 Å². The van der Waals surface area contributed by atoms with Crippen LogP contribution in [0.5, 0.6) is 5.75 Å². The Balaban J connectivity index is 2.41. The summed E-state index contributed by atoms with van der Waals surface area (Å²) in [6.45, 7) is 4.19. The quantitative estimate of drug-likeness (QED) is 0.717. The van der Waals surface area contributed by atoms with Crippen LogP contribution in [0.25, 0.3) is 0 Å². The molecule has 0 saturated carbocycles. The molecule has 4 heteroatoms. The number of rotatable bonds is 6. The zero-order chi connectivity index (χ0) is 13.5. The van der Waals surface area contributed by atoms with Crippen LogP contribution in [-0.4, -0.2) is 28.8 Å². The van der Waals surface area contributed by atoms with E-state index in [2.05, 4.69) is 5.32 Å². The smallest absolute Gasteiger partial charge is 0.224 e. The summed E-state index contributed by atoms with van der Waals surface area (Å²) in [5.41, 5.74) is 0.591. The number of amides is 1. The molecule has 2 unspecified atom stereocenters. The first-order chi connectivity index (χ1) is 8.54. The van der Waals surface area contributed by atoms with Crippen molar-refractivity contribution < 1.29 is 15.0 Å². The highest BCUT2D eigenvalue weighted by atomic mass is 16.3. The van der Waals surface area contributed by atoms with Gasteiger partial charge in [0.2, 0.25) is 5.91 Å². The number of carbonyl (C=O) groups is 1. The van der Waals surface area contributed by atoms with Crippen LogP contribution in [0.15, 0.2) is 24.3 Å². The number of aromatic hydroxyl groups is 1. The molecule has 0 fully saturated rings. The van der Waals surface area contributed by atoms with Crippen LogP contribution in [0.3, 0.4) is 0 Å². The predicted octanol–water partition coefficient (Wildman–Crippen LogP) is 1.46. The lowest BCUT2D eigenvalue weighted by atomic mass is 10.0. The van der Waals surface area contributed by atoms with Crippen LogP contribution < -0.4 is 5.32 Å². The zero-order valence-electron chi connectivity index (χ0n) is 10.9. The number of phenolic OH excluding ortho intramolecular Hbond substituents is 1. The summed E-state index contributed by atoms with van der Waals surface area (Å²) in [6.07, 6.45) is 0.472. The second kappa shape index (κ2) is 7.01. The fraction of sp³-hybridized carbons (Fsp3) is 0.500. The molecule has 1 rings (SSSR count). The Morgan fingerprint density at radius 2 is 2.06 bits per heavy atom. The molecule has 1 aromatic carbocycles. The largest absolute Gasteiger partial charge is 0.508 e. The van der Waals surface area contributed by atoms with E-state index in [1.807, 2.05) is 13.8 Å². The lowest BCUT2D eigenvalue weighted by Gasteiger charge is -2.17. The lowest BCUT2D eigenvalue weighted by Crippen LogP contribution is -2.36. The van der Waals surface area contributed by atoms with Crippen LogP contribution in [0.4, 0.5) is 0 Å². The molecule has 0 saturated heterocycles. The molecule has 100 valence electrons. The summed E-state index contributed by atoms with van der Waals surface area (Å²) in [7, 11) is 0. The van der Waals surface area contributed by atoms with E-state index >= 15 is 0 Å². The summed E-state index contributed by atoms with van der Waals surface area (Å²) < 4.78 is 0. The highest BCUT2D eigenvalue weighted by molar-refractivity contribution is 5.79. The number of hydrogen-bond donors (Lipinski definition) is 3. The van der Waals surface area contributed by atoms with E-state index in [4.69, 9.17) is 0 Å². The van der Waals surface area contributed by atoms with Crippen molar-refractivity contribution >= 4 is 5.91 Å². The molecule has 1 amide bonds. The van der Waals surface area contributed by atoms with Crippen LogP contribution in [0.1, 0.15) is 25.8 Å². The fourth-order valence-electron chi connectivity index (χ4n) is 1.59. The molecule has 3 N–H and O–H groups in total. The van der Waals surface area contributed by atoms with E-state index in [9.17, 15) is 15.0 Å². The number of hydrogen-bond acceptors (Lipinski definition) is 3. The van der Waals surface area contributed by atoms with E-state index in [1.165, 1.54) is 0 Å². The van der Waals surface area contributed by atoms with E-state index in [0.717, 1.165) is 6.42 Å². The number of carbonyl (C=O) groups excluding carboxylic acids is 1. The van der Waals surface area contributed by atoms with Gasteiger partial charge in [-0.3, -0.25) is 4.79 Å². The second-order valence-electron chi connectivity index (χ2n) is 4.56. The molecule has 1 aromatic rings. The number of phenols is 1. The van der Waals surface area contributed by atoms with Crippen LogP contribution in [0.2, 0.25) is 0 Å². The monoisotopic (exact) mass is 251 g/mol. The molecule has 0 heterocycles. The van der Waals surface area contributed by atoms with Crippen LogP contribution in [0, 0.1) is 5.92 Å². The van der Waals surface area contributed by atoms with E-state index < -0.39 is 6.10 Å². The number of aliphatic hydroxyl groups excluding tert-OH is 1. The Kier molecular flexibility index (Phi) is 5.65. The minimum atomic E-state index is -0.525. The normalized spacial score (nSPS) is 13.9. The zero-order valence-corrected chi connectivity index (χ0v) is 10.9. The fourth-order valence-corrected chi connectivity index (χ4v) is 1.59. The Hall–Kier alpha value is -1.55. The Bertz CT molecular complexity index is 392. The van der Waals surface area contributed by atoms with Crippen LogP contribution >= 0.6 is 0 Å². The van der Waals surface area contributed by atoms with Gasteiger partial charge < -0.3 is 15.5 Å². The molecule has 0 radical (unpaired) electrons. The summed E-state index contributed by atoms with van der Waals surface area (Å²) in [4.78, 5) is 11.6. The molecule has 0 aromatic heterocycles. The number of nitrogens with one attached hydrogen (secondary N) is 1. The lowest BCUT2D eigenvalue weighted by molar-refractivity contribution is -0.121. The van der Waals surface area contributed by atoms with Gasteiger partial charge in [-0.2, -0.15) is 0 Å². The standard InChI is InChI=1S/C14H21NO3/c1-3-10(2)13(17)9-15-14(18)8-11-6-4-5-7-12(11)16/h4-7,10,13,16-17H,3,8-9H2,1-2H3,(H,15,18). The molecule has 18 heavy (non-hydrogen) atoms. The molecule has 2 atom stereocenters. The molecule has 4 nitrogen and oxygen atoms in total. The van der Waals surface area contributed by atoms with Gasteiger partial charge >= 0.3 is 0 Å². The first-order valence-electron chi connectivity index (χ1n) is 6.26. The van der Waals surface area contributed by atoms with Gasteiger partial charge in [-0.15, -0.1) is 0 Å². The maximum atomic E-state index is 11.6. The summed E-state index contributed by atoms with van der Waals surface area (Å²) in [6, 6.07) is 6.75. The summed E-state index contributed by atoms with van der Waals surface area (Å²) in [5.74, 6) is 0.0874. The van der Waals surface area contributed by atoms with Gasteiger partial charge in [0, 0.05) is 12.1 Å². The number of benzene rings is 1. The average Bonchev–Trinajstić information content (AvgIpc) is 2.37. The van der Waals surface area contributed by atoms with Gasteiger partial charge in [-0.25, -0.2) is 0 Å². The molecular weight excluding hydrogens is 230 g/mol. The van der Waals surface area contributed by atoms with Gasteiger partial charge in [0.15, 0.2) is 0 Å². The minimum Gasteiger partial charge on any atom is -0.508 e. The van der Waals surface area contributed by atoms with E-state index in [1.54, 1.807) is 24.3 Å². The van der Waals surface area contributed by atoms with Crippen molar-refractivity contribution in [1.29, 1.82) is 0 Å². The maximum Gasteiger partial charge on any atom is 0.224 e. The first kappa shape index (κ1) is 14.5. The molecule has 0 spiro atoms. The summed E-state index contributed by atoms with van der Waals surface area (Å²) in [5, 5.41) is 21.9. The SMILES string of the molecule is CCC(C)C(O)CNC(=O)Cc1ccccc1O. The van der Waals surface area contributed by atoms with Crippen molar-refractivity contribution in [2.75, 3.05) is 6.54 Å². The van der Waals surface area contributed by atoms with Crippen molar-refractivity contribution in [2.45, 2.75) is 32.8 Å². The number of aliphatic hydroxyl groups is 1. The van der Waals surface area contributed by atoms with Gasteiger partial charge in [0.1, 0.15) is 5.75 Å². The third kappa shape index (κ3) is 4.37. The molecular formula is C14H21NO3. The second-order valence-corrected chi connectivity index (χ2v) is 4.56. The Labute approximate surface area is 108 Å². The van der Waals surface area contributed by atoms with E-state index in [0.29, 0.717) is 5.56 Å². The van der Waals surface area contributed by atoms with Gasteiger partial charge in [0.25, 0.3) is 0 Å². The average molecular weight is 251 g/mol. The topological polar surface area (TPSA) is 69.6 Å². The van der Waals surface area contributed by atoms with Crippen molar-refractivity contribution in [3.8, 4) is 5.75 Å². The van der Waals surface area contributed by atoms with Crippen molar-refractivity contribution in [1.82, 2.24) is 5.32 Å². The highest BCUT2D eigenvalue weighted by Gasteiger charge is 2.14. The van der Waals surface area contributed by atoms with Crippen LogP contribution in [-0.2, 0) is 11.2 Å². The first-order valence-corrected chi connectivity index (χ1v) is 6.26. The molecule has 0 aliphatic heterocycles.